The molecule has 0 bridgehead atoms. The zero-order valence-electron chi connectivity index (χ0n) is 10.5. The Morgan fingerprint density at radius 2 is 2.47 bits per heavy atom. The minimum atomic E-state index is -0.894. The second kappa shape index (κ2) is 5.63. The maximum atomic E-state index is 10.7. The molecule has 7 heteroatoms. The Bertz CT molecular complexity index is 526. The molecule has 0 radical (unpaired) electrons. The van der Waals surface area contributed by atoms with Crippen molar-refractivity contribution in [1.82, 2.24) is 9.97 Å². The molecule has 2 heterocycles. The van der Waals surface area contributed by atoms with Gasteiger partial charge in [-0.15, -0.1) is 0 Å². The van der Waals surface area contributed by atoms with E-state index in [1.54, 1.807) is 13.0 Å². The van der Waals surface area contributed by atoms with Crippen LogP contribution in [0.2, 0.25) is 0 Å². The van der Waals surface area contributed by atoms with Crippen molar-refractivity contribution in [2.75, 3.05) is 24.6 Å². The van der Waals surface area contributed by atoms with Crippen molar-refractivity contribution in [3.05, 3.63) is 17.5 Å². The average Bonchev–Trinajstić information content (AvgIpc) is 2.37. The van der Waals surface area contributed by atoms with Gasteiger partial charge in [-0.25, -0.2) is 9.97 Å². The molecule has 1 N–H and O–H groups in total. The molecule has 100 valence electrons. The van der Waals surface area contributed by atoms with E-state index in [1.807, 2.05) is 11.0 Å². The van der Waals surface area contributed by atoms with Crippen LogP contribution in [0, 0.1) is 18.3 Å². The molecule has 1 aliphatic heterocycles. The van der Waals surface area contributed by atoms with Crippen LogP contribution in [0.25, 0.3) is 0 Å². The van der Waals surface area contributed by atoms with Crippen molar-refractivity contribution in [1.29, 1.82) is 5.26 Å². The van der Waals surface area contributed by atoms with Gasteiger partial charge in [-0.3, -0.25) is 4.79 Å². The summed E-state index contributed by atoms with van der Waals surface area (Å²) in [5, 5.41) is 17.7. The normalized spacial score (nSPS) is 18.9. The number of morpholine rings is 1. The van der Waals surface area contributed by atoms with E-state index in [-0.39, 0.29) is 12.5 Å². The lowest BCUT2D eigenvalue weighted by molar-refractivity contribution is -0.140. The van der Waals surface area contributed by atoms with Gasteiger partial charge in [0.1, 0.15) is 11.8 Å². The summed E-state index contributed by atoms with van der Waals surface area (Å²) < 4.78 is 5.38. The second-order valence-electron chi connectivity index (χ2n) is 4.34. The predicted octanol–water partition coefficient (Wildman–Crippen LogP) is 0.337. The number of aryl methyl sites for hydroxylation is 1. The molecule has 0 saturated carbocycles. The van der Waals surface area contributed by atoms with Crippen LogP contribution >= 0.6 is 0 Å². The van der Waals surface area contributed by atoms with Gasteiger partial charge in [0.05, 0.1) is 19.1 Å². The molecular formula is C12H14N4O3. The average molecular weight is 262 g/mol. The number of anilines is 1. The highest BCUT2D eigenvalue weighted by Gasteiger charge is 2.24. The number of carboxylic acid groups (broad SMARTS) is 1. The fourth-order valence-corrected chi connectivity index (χ4v) is 1.97. The summed E-state index contributed by atoms with van der Waals surface area (Å²) in [6.45, 7) is 3.23. The van der Waals surface area contributed by atoms with E-state index in [0.717, 1.165) is 0 Å². The number of carbonyl (C=O) groups is 1. The number of rotatable bonds is 3. The molecule has 1 aromatic heterocycles. The van der Waals surface area contributed by atoms with Crippen molar-refractivity contribution >= 4 is 11.9 Å². The minimum Gasteiger partial charge on any atom is -0.481 e. The molecule has 19 heavy (non-hydrogen) atoms. The van der Waals surface area contributed by atoms with E-state index in [4.69, 9.17) is 15.1 Å². The Morgan fingerprint density at radius 1 is 1.68 bits per heavy atom. The fraction of sp³-hybridized carbons (Fsp3) is 0.500. The third kappa shape index (κ3) is 3.39. The number of nitrogens with zero attached hydrogens (tertiary/aromatic N) is 4. The smallest absolute Gasteiger partial charge is 0.306 e. The zero-order chi connectivity index (χ0) is 13.8. The maximum absolute atomic E-state index is 10.7. The van der Waals surface area contributed by atoms with Gasteiger partial charge in [0.2, 0.25) is 5.95 Å². The summed E-state index contributed by atoms with van der Waals surface area (Å²) in [6, 6.07) is 3.60. The van der Waals surface area contributed by atoms with Gasteiger partial charge in [-0.2, -0.15) is 5.26 Å². The molecule has 0 aliphatic carbocycles. The molecule has 1 saturated heterocycles. The number of nitriles is 1. The van der Waals surface area contributed by atoms with Gasteiger partial charge < -0.3 is 14.7 Å². The maximum Gasteiger partial charge on any atom is 0.306 e. The summed E-state index contributed by atoms with van der Waals surface area (Å²) >= 11 is 0. The molecule has 1 unspecified atom stereocenters. The largest absolute Gasteiger partial charge is 0.481 e. The minimum absolute atomic E-state index is 0.0482. The standard InChI is InChI=1S/C12H14N4O3/c1-8-4-9(6-13)15-12(14-8)16-2-3-19-10(7-16)5-11(17)18/h4,10H,2-3,5,7H2,1H3,(H,17,18). The van der Waals surface area contributed by atoms with Crippen molar-refractivity contribution in [2.24, 2.45) is 0 Å². The van der Waals surface area contributed by atoms with Crippen molar-refractivity contribution < 1.29 is 14.6 Å². The van der Waals surface area contributed by atoms with Crippen LogP contribution in [-0.2, 0) is 9.53 Å². The van der Waals surface area contributed by atoms with E-state index >= 15 is 0 Å². The van der Waals surface area contributed by atoms with Crippen LogP contribution in [0.3, 0.4) is 0 Å². The highest BCUT2D eigenvalue weighted by atomic mass is 16.5. The molecule has 1 aliphatic rings. The Morgan fingerprint density at radius 3 is 3.16 bits per heavy atom. The first-order valence-corrected chi connectivity index (χ1v) is 5.92. The van der Waals surface area contributed by atoms with Gasteiger partial charge in [-0.1, -0.05) is 0 Å². The Hall–Kier alpha value is -2.20. The van der Waals surface area contributed by atoms with Crippen LogP contribution in [0.5, 0.6) is 0 Å². The number of hydrogen-bond donors (Lipinski definition) is 1. The number of aliphatic carboxylic acids is 1. The van der Waals surface area contributed by atoms with Crippen molar-refractivity contribution in [3.8, 4) is 6.07 Å². The topological polar surface area (TPSA) is 99.3 Å². The Balaban J connectivity index is 2.15. The Kier molecular flexibility index (Phi) is 3.92. The van der Waals surface area contributed by atoms with Crippen molar-refractivity contribution in [3.63, 3.8) is 0 Å². The third-order valence-corrected chi connectivity index (χ3v) is 2.78. The summed E-state index contributed by atoms with van der Waals surface area (Å²) in [6.07, 6.45) is -0.422. The number of carboxylic acids is 1. The molecule has 0 spiro atoms. The monoisotopic (exact) mass is 262 g/mol. The fourth-order valence-electron chi connectivity index (χ4n) is 1.97. The lowest BCUT2D eigenvalue weighted by Gasteiger charge is -2.32. The van der Waals surface area contributed by atoms with E-state index < -0.39 is 5.97 Å². The zero-order valence-corrected chi connectivity index (χ0v) is 10.5. The molecule has 0 amide bonds. The molecule has 2 rings (SSSR count). The first-order valence-electron chi connectivity index (χ1n) is 5.92. The highest BCUT2D eigenvalue weighted by molar-refractivity contribution is 5.67. The molecule has 7 nitrogen and oxygen atoms in total. The molecular weight excluding hydrogens is 248 g/mol. The van der Waals surface area contributed by atoms with E-state index in [0.29, 0.717) is 37.0 Å². The third-order valence-electron chi connectivity index (χ3n) is 2.78. The highest BCUT2D eigenvalue weighted by Crippen LogP contribution is 2.16. The number of ether oxygens (including phenoxy) is 1. The van der Waals surface area contributed by atoms with E-state index in [9.17, 15) is 4.79 Å². The molecule has 1 atom stereocenters. The summed E-state index contributed by atoms with van der Waals surface area (Å²) in [5.74, 6) is -0.440. The summed E-state index contributed by atoms with van der Waals surface area (Å²) in [7, 11) is 0. The lowest BCUT2D eigenvalue weighted by Crippen LogP contribution is -2.44. The van der Waals surface area contributed by atoms with Crippen molar-refractivity contribution in [2.45, 2.75) is 19.4 Å². The lowest BCUT2D eigenvalue weighted by atomic mass is 10.2. The number of aromatic nitrogens is 2. The molecule has 1 aromatic rings. The van der Waals surface area contributed by atoms with Gasteiger partial charge in [0.15, 0.2) is 0 Å². The van der Waals surface area contributed by atoms with Crippen LogP contribution in [0.4, 0.5) is 5.95 Å². The van der Waals surface area contributed by atoms with Gasteiger partial charge in [-0.05, 0) is 13.0 Å². The van der Waals surface area contributed by atoms with Crippen LogP contribution in [0.1, 0.15) is 17.8 Å². The van der Waals surface area contributed by atoms with Gasteiger partial charge in [0, 0.05) is 18.8 Å². The SMILES string of the molecule is Cc1cc(C#N)nc(N2CCOC(CC(=O)O)C2)n1. The van der Waals surface area contributed by atoms with Crippen LogP contribution in [-0.4, -0.2) is 46.8 Å². The first kappa shape index (κ1) is 13.2. The first-order chi connectivity index (χ1) is 9.08. The second-order valence-corrected chi connectivity index (χ2v) is 4.34. The summed E-state index contributed by atoms with van der Waals surface area (Å²) in [4.78, 5) is 21.0. The van der Waals surface area contributed by atoms with E-state index in [2.05, 4.69) is 9.97 Å². The molecule has 1 fully saturated rings. The summed E-state index contributed by atoms with van der Waals surface area (Å²) in [5.41, 5.74) is 1.02. The van der Waals surface area contributed by atoms with Gasteiger partial charge in [0.25, 0.3) is 0 Å². The van der Waals surface area contributed by atoms with Crippen LogP contribution in [0.15, 0.2) is 6.07 Å². The number of hydrogen-bond acceptors (Lipinski definition) is 6. The molecule has 0 aromatic carbocycles. The predicted molar refractivity (Wildman–Crippen MR) is 65.7 cm³/mol. The van der Waals surface area contributed by atoms with Crippen LogP contribution < -0.4 is 4.90 Å². The van der Waals surface area contributed by atoms with E-state index in [1.165, 1.54) is 0 Å². The quantitative estimate of drug-likeness (QED) is 0.838. The van der Waals surface area contributed by atoms with Gasteiger partial charge >= 0.3 is 5.97 Å². The Labute approximate surface area is 110 Å².